The summed E-state index contributed by atoms with van der Waals surface area (Å²) >= 11 is 0. The van der Waals surface area contributed by atoms with E-state index in [2.05, 4.69) is 20.8 Å². The maximum absolute atomic E-state index is 10.1. The van der Waals surface area contributed by atoms with Crippen molar-refractivity contribution in [3.05, 3.63) is 72.3 Å². The first-order valence-corrected chi connectivity index (χ1v) is 8.03. The second kappa shape index (κ2) is 6.58. The summed E-state index contributed by atoms with van der Waals surface area (Å²) in [5, 5.41) is 12.1. The zero-order valence-electron chi connectivity index (χ0n) is 14.2. The van der Waals surface area contributed by atoms with Crippen LogP contribution in [0.15, 0.2) is 66.7 Å². The maximum atomic E-state index is 10.1. The van der Waals surface area contributed by atoms with Crippen molar-refractivity contribution in [3.8, 4) is 11.5 Å². The predicted octanol–water partition coefficient (Wildman–Crippen LogP) is 4.57. The summed E-state index contributed by atoms with van der Waals surface area (Å²) < 4.78 is 11.0. The van der Waals surface area contributed by atoms with Gasteiger partial charge in [-0.25, -0.2) is 0 Å². The van der Waals surface area contributed by atoms with E-state index in [9.17, 15) is 5.02 Å². The molecule has 0 spiro atoms. The monoisotopic (exact) mass is 320 g/mol. The minimum Gasteiger partial charge on any atom is -0.501 e. The van der Waals surface area contributed by atoms with Crippen molar-refractivity contribution < 1.29 is 14.3 Å². The molecule has 0 fully saturated rings. The molecule has 24 heavy (non-hydrogen) atoms. The van der Waals surface area contributed by atoms with Gasteiger partial charge < -0.3 is 14.3 Å². The summed E-state index contributed by atoms with van der Waals surface area (Å²) in [5.74, 6) is 1.16. The van der Waals surface area contributed by atoms with E-state index in [4.69, 9.17) is 9.31 Å². The summed E-state index contributed by atoms with van der Waals surface area (Å²) in [7, 11) is -1.36. The van der Waals surface area contributed by atoms with Gasteiger partial charge in [0.1, 0.15) is 11.5 Å². The fourth-order valence-corrected chi connectivity index (χ4v) is 2.58. The van der Waals surface area contributed by atoms with E-state index in [-0.39, 0.29) is 5.41 Å². The van der Waals surface area contributed by atoms with Gasteiger partial charge in [-0.1, -0.05) is 69.3 Å². The molecular weight excluding hydrogens is 299 g/mol. The molecule has 0 radical (unpaired) electrons. The van der Waals surface area contributed by atoms with Crippen molar-refractivity contribution in [2.75, 3.05) is 0 Å². The molecule has 0 saturated heterocycles. The molecule has 4 heteroatoms. The minimum absolute atomic E-state index is 0.0800. The topological polar surface area (TPSA) is 38.7 Å². The molecule has 3 aromatic carbocycles. The van der Waals surface area contributed by atoms with Gasteiger partial charge in [-0.3, -0.25) is 0 Å². The van der Waals surface area contributed by atoms with Gasteiger partial charge in [0.25, 0.3) is 0 Å². The fourth-order valence-electron chi connectivity index (χ4n) is 2.58. The molecule has 0 saturated carbocycles. The van der Waals surface area contributed by atoms with Crippen molar-refractivity contribution in [2.24, 2.45) is 0 Å². The Morgan fingerprint density at radius 2 is 1.46 bits per heavy atom. The minimum atomic E-state index is -1.36. The molecule has 3 nitrogen and oxygen atoms in total. The number of hydrogen-bond acceptors (Lipinski definition) is 3. The van der Waals surface area contributed by atoms with Gasteiger partial charge in [0.15, 0.2) is 0 Å². The van der Waals surface area contributed by atoms with Gasteiger partial charge in [-0.05, 0) is 34.6 Å². The third kappa shape index (κ3) is 3.71. The lowest BCUT2D eigenvalue weighted by molar-refractivity contribution is 0.299. The molecule has 122 valence electrons. The van der Waals surface area contributed by atoms with E-state index in [1.165, 1.54) is 5.56 Å². The number of rotatable bonds is 4. The molecule has 0 aliphatic heterocycles. The smallest absolute Gasteiger partial charge is 0.501 e. The maximum Gasteiger partial charge on any atom is 0.785 e. The van der Waals surface area contributed by atoms with Crippen LogP contribution in [0, 0.1) is 0 Å². The van der Waals surface area contributed by atoms with E-state index in [1.54, 1.807) is 0 Å². The normalized spacial score (nSPS) is 11.3. The highest BCUT2D eigenvalue weighted by atomic mass is 16.7. The number of benzene rings is 3. The van der Waals surface area contributed by atoms with Gasteiger partial charge in [-0.15, -0.1) is 0 Å². The summed E-state index contributed by atoms with van der Waals surface area (Å²) in [5.41, 5.74) is 1.29. The van der Waals surface area contributed by atoms with E-state index < -0.39 is 7.32 Å². The third-order valence-corrected chi connectivity index (χ3v) is 3.93. The van der Waals surface area contributed by atoms with Gasteiger partial charge in [-0.2, -0.15) is 0 Å². The van der Waals surface area contributed by atoms with Crippen LogP contribution in [0.5, 0.6) is 11.5 Å². The van der Waals surface area contributed by atoms with Crippen molar-refractivity contribution in [3.63, 3.8) is 0 Å². The standard InChI is InChI=1S/C20H21BO3/c1-20(2,3)16-11-13-17(14-12-16)23-21(22)24-19-10-6-8-15-7-4-5-9-18(15)19/h4-14,22H,1-3H3. The Hall–Kier alpha value is -2.46. The number of hydrogen-bond donors (Lipinski definition) is 1. The molecule has 0 bridgehead atoms. The first-order chi connectivity index (χ1) is 11.4. The van der Waals surface area contributed by atoms with Crippen LogP contribution in [-0.4, -0.2) is 12.3 Å². The molecule has 0 aliphatic rings. The predicted molar refractivity (Wildman–Crippen MR) is 98.3 cm³/mol. The average molecular weight is 320 g/mol. The third-order valence-electron chi connectivity index (χ3n) is 3.93. The van der Waals surface area contributed by atoms with Gasteiger partial charge in [0.2, 0.25) is 0 Å². The molecule has 0 aliphatic carbocycles. The molecule has 1 N–H and O–H groups in total. The Morgan fingerprint density at radius 1 is 0.792 bits per heavy atom. The number of fused-ring (bicyclic) bond motifs is 1. The SMILES string of the molecule is CC(C)(C)c1ccc(OB(O)Oc2cccc3ccccc23)cc1. The van der Waals surface area contributed by atoms with Crippen LogP contribution in [-0.2, 0) is 5.41 Å². The largest absolute Gasteiger partial charge is 0.785 e. The second-order valence-electron chi connectivity index (χ2n) is 6.79. The van der Waals surface area contributed by atoms with Gasteiger partial charge >= 0.3 is 7.32 Å². The first-order valence-electron chi connectivity index (χ1n) is 8.03. The lowest BCUT2D eigenvalue weighted by Gasteiger charge is -2.19. The van der Waals surface area contributed by atoms with Crippen LogP contribution in [0.2, 0.25) is 0 Å². The van der Waals surface area contributed by atoms with Crippen molar-refractivity contribution in [2.45, 2.75) is 26.2 Å². The van der Waals surface area contributed by atoms with Crippen LogP contribution in [0.1, 0.15) is 26.3 Å². The molecule has 3 rings (SSSR count). The Kier molecular flexibility index (Phi) is 4.50. The zero-order valence-corrected chi connectivity index (χ0v) is 14.2. The highest BCUT2D eigenvalue weighted by molar-refractivity contribution is 6.37. The highest BCUT2D eigenvalue weighted by Gasteiger charge is 2.22. The van der Waals surface area contributed by atoms with Crippen molar-refractivity contribution in [1.82, 2.24) is 0 Å². The van der Waals surface area contributed by atoms with Crippen LogP contribution >= 0.6 is 0 Å². The highest BCUT2D eigenvalue weighted by Crippen LogP contribution is 2.27. The summed E-state index contributed by atoms with van der Waals surface area (Å²) in [6.45, 7) is 6.46. The Labute approximate surface area is 143 Å². The first kappa shape index (κ1) is 16.4. The zero-order chi connectivity index (χ0) is 17.2. The van der Waals surface area contributed by atoms with Crippen LogP contribution < -0.4 is 9.31 Å². The van der Waals surface area contributed by atoms with Crippen molar-refractivity contribution in [1.29, 1.82) is 0 Å². The van der Waals surface area contributed by atoms with Crippen LogP contribution in [0.4, 0.5) is 0 Å². The van der Waals surface area contributed by atoms with E-state index in [0.717, 1.165) is 10.8 Å². The summed E-state index contributed by atoms with van der Waals surface area (Å²) in [4.78, 5) is 0. The van der Waals surface area contributed by atoms with E-state index in [1.807, 2.05) is 66.7 Å². The Balaban J connectivity index is 1.72. The molecular formula is C20H21BO3. The Bertz CT molecular complexity index is 817. The average Bonchev–Trinajstić information content (AvgIpc) is 2.55. The Morgan fingerprint density at radius 3 is 2.17 bits per heavy atom. The van der Waals surface area contributed by atoms with Gasteiger partial charge in [0, 0.05) is 5.39 Å². The second-order valence-corrected chi connectivity index (χ2v) is 6.79. The fraction of sp³-hybridized carbons (Fsp3) is 0.200. The van der Waals surface area contributed by atoms with Crippen LogP contribution in [0.3, 0.4) is 0 Å². The quantitative estimate of drug-likeness (QED) is 0.716. The molecule has 0 aromatic heterocycles. The van der Waals surface area contributed by atoms with Crippen LogP contribution in [0.25, 0.3) is 10.8 Å². The summed E-state index contributed by atoms with van der Waals surface area (Å²) in [6, 6.07) is 21.3. The van der Waals surface area contributed by atoms with E-state index >= 15 is 0 Å². The molecule has 0 heterocycles. The molecule has 0 atom stereocenters. The van der Waals surface area contributed by atoms with E-state index in [0.29, 0.717) is 11.5 Å². The van der Waals surface area contributed by atoms with Gasteiger partial charge in [0.05, 0.1) is 0 Å². The lowest BCUT2D eigenvalue weighted by Crippen LogP contribution is -2.29. The summed E-state index contributed by atoms with van der Waals surface area (Å²) in [6.07, 6.45) is 0. The molecule has 0 unspecified atom stereocenters. The lowest BCUT2D eigenvalue weighted by atomic mass is 9.87. The molecule has 3 aromatic rings. The van der Waals surface area contributed by atoms with Crippen molar-refractivity contribution >= 4 is 18.1 Å². The molecule has 0 amide bonds.